The molecule has 1 unspecified atom stereocenters. The summed E-state index contributed by atoms with van der Waals surface area (Å²) in [6.45, 7) is 7.86. The van der Waals surface area contributed by atoms with Crippen molar-refractivity contribution in [3.05, 3.63) is 60.3 Å². The van der Waals surface area contributed by atoms with E-state index in [0.29, 0.717) is 28.8 Å². The number of para-hydroxylation sites is 1. The van der Waals surface area contributed by atoms with E-state index in [1.54, 1.807) is 13.2 Å². The van der Waals surface area contributed by atoms with E-state index in [4.69, 9.17) is 14.5 Å². The molecule has 3 heterocycles. The highest BCUT2D eigenvalue weighted by Gasteiger charge is 2.19. The maximum Gasteiger partial charge on any atom is 0.340 e. The molecule has 1 atom stereocenters. The maximum absolute atomic E-state index is 12.8. The highest BCUT2D eigenvalue weighted by Crippen LogP contribution is 2.33. The van der Waals surface area contributed by atoms with Crippen molar-refractivity contribution in [3.63, 3.8) is 0 Å². The van der Waals surface area contributed by atoms with Gasteiger partial charge in [0, 0.05) is 44.1 Å². The van der Waals surface area contributed by atoms with Gasteiger partial charge in [0.05, 0.1) is 35.7 Å². The summed E-state index contributed by atoms with van der Waals surface area (Å²) < 4.78 is 11.3. The smallest absolute Gasteiger partial charge is 0.340 e. The molecule has 1 fully saturated rings. The standard InChI is InChI=1S/C29H35N7O3/c1-5-19(2)39-28(37)21-8-6-7-9-22(21)31-27-26-24(12-13-30-26)33-29(34-27)32-23-11-10-20(18-25(23)38-4)36-16-14-35(3)15-17-36/h6-13,18-19,30H,5,14-17H2,1-4H3,(H2,31,32,33,34). The Morgan fingerprint density at radius 2 is 1.85 bits per heavy atom. The van der Waals surface area contributed by atoms with Crippen molar-refractivity contribution in [3.8, 4) is 5.75 Å². The first-order chi connectivity index (χ1) is 18.9. The van der Waals surface area contributed by atoms with Crippen LogP contribution in [0.25, 0.3) is 11.0 Å². The molecule has 10 nitrogen and oxygen atoms in total. The highest BCUT2D eigenvalue weighted by atomic mass is 16.5. The summed E-state index contributed by atoms with van der Waals surface area (Å²) in [6.07, 6.45) is 2.38. The molecule has 2 aromatic carbocycles. The molecule has 0 spiro atoms. The summed E-state index contributed by atoms with van der Waals surface area (Å²) in [6, 6.07) is 15.2. The van der Waals surface area contributed by atoms with Gasteiger partial charge in [0.25, 0.3) is 0 Å². The van der Waals surface area contributed by atoms with Gasteiger partial charge in [-0.1, -0.05) is 19.1 Å². The molecule has 0 radical (unpaired) electrons. The highest BCUT2D eigenvalue weighted by molar-refractivity contribution is 5.98. The van der Waals surface area contributed by atoms with Gasteiger partial charge in [-0.15, -0.1) is 0 Å². The Morgan fingerprint density at radius 3 is 2.62 bits per heavy atom. The number of hydrogen-bond donors (Lipinski definition) is 3. The molecule has 1 aliphatic heterocycles. The number of aromatic nitrogens is 3. The van der Waals surface area contributed by atoms with Crippen LogP contribution in [0.15, 0.2) is 54.7 Å². The minimum absolute atomic E-state index is 0.173. The van der Waals surface area contributed by atoms with Crippen molar-refractivity contribution in [1.82, 2.24) is 19.9 Å². The van der Waals surface area contributed by atoms with Gasteiger partial charge in [-0.25, -0.2) is 9.78 Å². The van der Waals surface area contributed by atoms with E-state index in [1.807, 2.05) is 56.4 Å². The van der Waals surface area contributed by atoms with E-state index in [9.17, 15) is 4.79 Å². The number of nitrogens with zero attached hydrogens (tertiary/aromatic N) is 4. The lowest BCUT2D eigenvalue weighted by Crippen LogP contribution is -2.44. The second-order valence-corrected chi connectivity index (χ2v) is 9.73. The molecule has 39 heavy (non-hydrogen) atoms. The molecule has 0 amide bonds. The number of hydrogen-bond acceptors (Lipinski definition) is 9. The molecule has 0 saturated carbocycles. The minimum atomic E-state index is -0.382. The number of benzene rings is 2. The largest absolute Gasteiger partial charge is 0.494 e. The monoisotopic (exact) mass is 529 g/mol. The van der Waals surface area contributed by atoms with Crippen LogP contribution in [0, 0.1) is 0 Å². The first-order valence-corrected chi connectivity index (χ1v) is 13.3. The summed E-state index contributed by atoms with van der Waals surface area (Å²) in [5.74, 6) is 1.25. The van der Waals surface area contributed by atoms with Crippen LogP contribution in [-0.4, -0.2) is 72.3 Å². The lowest BCUT2D eigenvalue weighted by molar-refractivity contribution is 0.0335. The number of piperazine rings is 1. The fourth-order valence-electron chi connectivity index (χ4n) is 4.48. The van der Waals surface area contributed by atoms with Gasteiger partial charge >= 0.3 is 5.97 Å². The number of aromatic amines is 1. The lowest BCUT2D eigenvalue weighted by Gasteiger charge is -2.34. The zero-order valence-electron chi connectivity index (χ0n) is 22.8. The third-order valence-corrected chi connectivity index (χ3v) is 6.99. The quantitative estimate of drug-likeness (QED) is 0.253. The fourth-order valence-corrected chi connectivity index (χ4v) is 4.48. The van der Waals surface area contributed by atoms with E-state index < -0.39 is 0 Å². The third kappa shape index (κ3) is 5.91. The molecule has 204 valence electrons. The Morgan fingerprint density at radius 1 is 1.05 bits per heavy atom. The molecule has 0 bridgehead atoms. The van der Waals surface area contributed by atoms with E-state index in [2.05, 4.69) is 43.5 Å². The fraction of sp³-hybridized carbons (Fsp3) is 0.345. The Labute approximate surface area is 228 Å². The van der Waals surface area contributed by atoms with Gasteiger partial charge in [-0.2, -0.15) is 4.98 Å². The van der Waals surface area contributed by atoms with Gasteiger partial charge in [0.2, 0.25) is 5.95 Å². The van der Waals surface area contributed by atoms with Crippen LogP contribution in [0.3, 0.4) is 0 Å². The topological polar surface area (TPSA) is 108 Å². The first kappa shape index (κ1) is 26.3. The van der Waals surface area contributed by atoms with Crippen LogP contribution in [0.2, 0.25) is 0 Å². The number of carbonyl (C=O) groups is 1. The summed E-state index contributed by atoms with van der Waals surface area (Å²) >= 11 is 0. The normalized spacial score (nSPS) is 14.7. The number of fused-ring (bicyclic) bond motifs is 1. The number of anilines is 5. The molecular weight excluding hydrogens is 494 g/mol. The van der Waals surface area contributed by atoms with Crippen LogP contribution in [0.4, 0.5) is 28.8 Å². The van der Waals surface area contributed by atoms with Crippen LogP contribution in [0.5, 0.6) is 5.75 Å². The second kappa shape index (κ2) is 11.6. The molecule has 1 saturated heterocycles. The van der Waals surface area contributed by atoms with Crippen LogP contribution in [0.1, 0.15) is 30.6 Å². The van der Waals surface area contributed by atoms with Crippen LogP contribution >= 0.6 is 0 Å². The van der Waals surface area contributed by atoms with Crippen molar-refractivity contribution < 1.29 is 14.3 Å². The van der Waals surface area contributed by atoms with Gasteiger partial charge in [-0.3, -0.25) is 0 Å². The molecule has 4 aromatic rings. The van der Waals surface area contributed by atoms with E-state index in [-0.39, 0.29) is 12.1 Å². The number of likely N-dealkylation sites (N-methyl/N-ethyl adjacent to an activating group) is 1. The summed E-state index contributed by atoms with van der Waals surface area (Å²) in [5.41, 5.74) is 4.36. The number of nitrogens with one attached hydrogen (secondary N) is 3. The van der Waals surface area contributed by atoms with E-state index in [0.717, 1.165) is 55.0 Å². The van der Waals surface area contributed by atoms with Crippen molar-refractivity contribution >= 4 is 45.8 Å². The lowest BCUT2D eigenvalue weighted by atomic mass is 10.1. The number of carbonyl (C=O) groups excluding carboxylic acids is 1. The first-order valence-electron chi connectivity index (χ1n) is 13.3. The van der Waals surface area contributed by atoms with Crippen molar-refractivity contribution in [2.45, 2.75) is 26.4 Å². The zero-order chi connectivity index (χ0) is 27.4. The minimum Gasteiger partial charge on any atom is -0.494 e. The Kier molecular flexibility index (Phi) is 7.83. The number of methoxy groups -OCH3 is 1. The van der Waals surface area contributed by atoms with Crippen LogP contribution in [-0.2, 0) is 4.74 Å². The summed E-state index contributed by atoms with van der Waals surface area (Å²) in [4.78, 5) is 30.2. The predicted molar refractivity (Wildman–Crippen MR) is 155 cm³/mol. The summed E-state index contributed by atoms with van der Waals surface area (Å²) in [7, 11) is 3.80. The Hall–Kier alpha value is -4.31. The predicted octanol–water partition coefficient (Wildman–Crippen LogP) is 5.16. The molecule has 10 heteroatoms. The molecular formula is C29H35N7O3. The van der Waals surface area contributed by atoms with Gasteiger partial charge in [-0.05, 0) is 50.7 Å². The average Bonchev–Trinajstić information content (AvgIpc) is 3.43. The molecule has 2 aromatic heterocycles. The SMILES string of the molecule is CCC(C)OC(=O)c1ccccc1Nc1nc(Nc2ccc(N3CCN(C)CC3)cc2OC)nc2cc[nH]c12. The average molecular weight is 530 g/mol. The van der Waals surface area contributed by atoms with Gasteiger partial charge in [0.1, 0.15) is 11.3 Å². The third-order valence-electron chi connectivity index (χ3n) is 6.99. The molecule has 3 N–H and O–H groups in total. The zero-order valence-corrected chi connectivity index (χ0v) is 22.8. The molecule has 1 aliphatic rings. The van der Waals surface area contributed by atoms with Gasteiger partial charge < -0.3 is 34.9 Å². The van der Waals surface area contributed by atoms with Crippen molar-refractivity contribution in [1.29, 1.82) is 0 Å². The summed E-state index contributed by atoms with van der Waals surface area (Å²) in [5, 5.41) is 6.64. The Balaban J connectivity index is 1.42. The van der Waals surface area contributed by atoms with E-state index in [1.165, 1.54) is 0 Å². The number of rotatable bonds is 9. The van der Waals surface area contributed by atoms with Crippen molar-refractivity contribution in [2.24, 2.45) is 0 Å². The second-order valence-electron chi connectivity index (χ2n) is 9.73. The van der Waals surface area contributed by atoms with Gasteiger partial charge in [0.15, 0.2) is 5.82 Å². The maximum atomic E-state index is 12.8. The Bertz CT molecular complexity index is 1450. The molecule has 5 rings (SSSR count). The molecule has 0 aliphatic carbocycles. The number of esters is 1. The number of H-pyrrole nitrogens is 1. The van der Waals surface area contributed by atoms with Crippen molar-refractivity contribution in [2.75, 3.05) is 55.9 Å². The van der Waals surface area contributed by atoms with Crippen LogP contribution < -0.4 is 20.3 Å². The van der Waals surface area contributed by atoms with E-state index >= 15 is 0 Å². The number of ether oxygens (including phenoxy) is 2.